The van der Waals surface area contributed by atoms with Crippen LogP contribution < -0.4 is 0 Å². The summed E-state index contributed by atoms with van der Waals surface area (Å²) in [6, 6.07) is 11.5. The molecular weight excluding hydrogens is 324 g/mol. The number of amides is 3. The van der Waals surface area contributed by atoms with E-state index in [-0.39, 0.29) is 23.8 Å². The van der Waals surface area contributed by atoms with Gasteiger partial charge in [0, 0.05) is 36.4 Å². The van der Waals surface area contributed by atoms with Crippen molar-refractivity contribution in [1.29, 1.82) is 0 Å². The van der Waals surface area contributed by atoms with Crippen LogP contribution in [0, 0.1) is 0 Å². The van der Waals surface area contributed by atoms with Gasteiger partial charge in [-0.15, -0.1) is 11.3 Å². The number of rotatable bonds is 3. The summed E-state index contributed by atoms with van der Waals surface area (Å²) in [6.07, 6.45) is 0.598. The van der Waals surface area contributed by atoms with Crippen LogP contribution >= 0.6 is 11.3 Å². The van der Waals surface area contributed by atoms with E-state index in [2.05, 4.69) is 0 Å². The van der Waals surface area contributed by atoms with Crippen molar-refractivity contribution in [2.75, 3.05) is 13.1 Å². The number of carbonyl (C=O) groups is 3. The van der Waals surface area contributed by atoms with E-state index in [0.717, 1.165) is 5.56 Å². The van der Waals surface area contributed by atoms with Crippen LogP contribution in [-0.4, -0.2) is 46.7 Å². The van der Waals surface area contributed by atoms with Crippen molar-refractivity contribution in [3.05, 3.63) is 47.3 Å². The summed E-state index contributed by atoms with van der Waals surface area (Å²) < 4.78 is 0. The first-order chi connectivity index (χ1) is 11.6. The van der Waals surface area contributed by atoms with Crippen LogP contribution in [0.15, 0.2) is 41.8 Å². The van der Waals surface area contributed by atoms with Gasteiger partial charge < -0.3 is 4.90 Å². The molecule has 0 N–H and O–H groups in total. The van der Waals surface area contributed by atoms with Gasteiger partial charge in [0.25, 0.3) is 5.91 Å². The maximum absolute atomic E-state index is 12.5. The molecule has 6 heteroatoms. The number of imide groups is 1. The van der Waals surface area contributed by atoms with Crippen LogP contribution in [0.3, 0.4) is 0 Å². The Kier molecular flexibility index (Phi) is 3.69. The zero-order valence-electron chi connectivity index (χ0n) is 13.0. The van der Waals surface area contributed by atoms with E-state index in [4.69, 9.17) is 0 Å². The second kappa shape index (κ2) is 5.87. The van der Waals surface area contributed by atoms with Crippen molar-refractivity contribution in [3.63, 3.8) is 0 Å². The third kappa shape index (κ3) is 2.53. The van der Waals surface area contributed by atoms with Gasteiger partial charge in [0.05, 0.1) is 6.04 Å². The second-order valence-corrected chi connectivity index (χ2v) is 7.02. The zero-order valence-corrected chi connectivity index (χ0v) is 13.8. The van der Waals surface area contributed by atoms with Gasteiger partial charge in [-0.2, -0.15) is 0 Å². The predicted molar refractivity (Wildman–Crippen MR) is 90.5 cm³/mol. The first-order valence-electron chi connectivity index (χ1n) is 7.91. The molecule has 24 heavy (non-hydrogen) atoms. The number of hydrogen-bond donors (Lipinski definition) is 0. The van der Waals surface area contributed by atoms with Crippen molar-refractivity contribution < 1.29 is 14.4 Å². The largest absolute Gasteiger partial charge is 0.334 e. The lowest BCUT2D eigenvalue weighted by Gasteiger charge is -2.43. The highest BCUT2D eigenvalue weighted by Crippen LogP contribution is 2.27. The topological polar surface area (TPSA) is 57.7 Å². The highest BCUT2D eigenvalue weighted by Gasteiger charge is 2.42. The van der Waals surface area contributed by atoms with Crippen LogP contribution in [0.25, 0.3) is 10.4 Å². The molecule has 122 valence electrons. The fourth-order valence-electron chi connectivity index (χ4n) is 3.19. The molecule has 3 heterocycles. The number of nitrogens with zero attached hydrogens (tertiary/aromatic N) is 2. The third-order valence-electron chi connectivity index (χ3n) is 4.54. The summed E-state index contributed by atoms with van der Waals surface area (Å²) in [5.74, 6) is -0.280. The van der Waals surface area contributed by atoms with E-state index in [1.54, 1.807) is 16.2 Å². The summed E-state index contributed by atoms with van der Waals surface area (Å²) in [5.41, 5.74) is 1.73. The molecule has 2 aliphatic heterocycles. The van der Waals surface area contributed by atoms with Gasteiger partial charge in [-0.1, -0.05) is 18.2 Å². The average Bonchev–Trinajstić information content (AvgIpc) is 3.19. The Balaban J connectivity index is 1.41. The number of thiophene rings is 1. The average molecular weight is 340 g/mol. The van der Waals surface area contributed by atoms with Crippen molar-refractivity contribution in [2.45, 2.75) is 18.9 Å². The molecule has 2 fully saturated rings. The molecule has 2 aliphatic rings. The Morgan fingerprint density at radius 3 is 2.25 bits per heavy atom. The molecule has 0 bridgehead atoms. The number of benzene rings is 1. The van der Waals surface area contributed by atoms with Crippen LogP contribution in [0.1, 0.15) is 23.2 Å². The second-order valence-electron chi connectivity index (χ2n) is 6.08. The smallest absolute Gasteiger partial charge is 0.253 e. The number of hydrogen-bond acceptors (Lipinski definition) is 4. The molecule has 0 atom stereocenters. The summed E-state index contributed by atoms with van der Waals surface area (Å²) in [4.78, 5) is 40.1. The molecule has 0 aliphatic carbocycles. The van der Waals surface area contributed by atoms with E-state index in [1.807, 2.05) is 41.8 Å². The van der Waals surface area contributed by atoms with E-state index < -0.39 is 0 Å². The zero-order chi connectivity index (χ0) is 16.7. The van der Waals surface area contributed by atoms with Crippen molar-refractivity contribution in [3.8, 4) is 10.4 Å². The van der Waals surface area contributed by atoms with Gasteiger partial charge in [-0.3, -0.25) is 19.3 Å². The van der Waals surface area contributed by atoms with E-state index in [0.29, 0.717) is 31.5 Å². The lowest BCUT2D eigenvalue weighted by Crippen LogP contribution is -2.62. The fraction of sp³-hybridized carbons (Fsp3) is 0.278. The minimum absolute atomic E-state index is 0.0527. The SMILES string of the molecule is O=C(c1ccc(-c2cccs2)cc1)N1CC(N2C(=O)CCC2=O)C1. The van der Waals surface area contributed by atoms with Crippen LogP contribution in [0.5, 0.6) is 0 Å². The van der Waals surface area contributed by atoms with Gasteiger partial charge in [0.15, 0.2) is 0 Å². The molecule has 5 nitrogen and oxygen atoms in total. The highest BCUT2D eigenvalue weighted by atomic mass is 32.1. The quantitative estimate of drug-likeness (QED) is 0.806. The first kappa shape index (κ1) is 15.1. The van der Waals surface area contributed by atoms with Crippen LogP contribution in [0.4, 0.5) is 0 Å². The lowest BCUT2D eigenvalue weighted by molar-refractivity contribution is -0.144. The Morgan fingerprint density at radius 1 is 1.00 bits per heavy atom. The maximum Gasteiger partial charge on any atom is 0.253 e. The lowest BCUT2D eigenvalue weighted by atomic mass is 10.0. The first-order valence-corrected chi connectivity index (χ1v) is 8.79. The summed E-state index contributed by atoms with van der Waals surface area (Å²) in [5, 5.41) is 2.02. The predicted octanol–water partition coefficient (Wildman–Crippen LogP) is 2.39. The number of carbonyl (C=O) groups excluding carboxylic acids is 3. The highest BCUT2D eigenvalue weighted by molar-refractivity contribution is 7.13. The van der Waals surface area contributed by atoms with E-state index in [1.165, 1.54) is 9.78 Å². The fourth-order valence-corrected chi connectivity index (χ4v) is 3.92. The Labute approximate surface area is 143 Å². The van der Waals surface area contributed by atoms with Gasteiger partial charge in [0.2, 0.25) is 11.8 Å². The minimum atomic E-state index is -0.151. The molecule has 2 aromatic rings. The standard InChI is InChI=1S/C18H16N2O3S/c21-16-7-8-17(22)20(16)14-10-19(11-14)18(23)13-5-3-12(4-6-13)15-2-1-9-24-15/h1-6,9,14H,7-8,10-11H2. The molecule has 1 aromatic heterocycles. The normalized spacial score (nSPS) is 18.2. The molecule has 0 unspecified atom stereocenters. The maximum atomic E-state index is 12.5. The molecule has 4 rings (SSSR count). The summed E-state index contributed by atoms with van der Waals surface area (Å²) in [7, 11) is 0. The van der Waals surface area contributed by atoms with E-state index >= 15 is 0 Å². The third-order valence-corrected chi connectivity index (χ3v) is 5.46. The van der Waals surface area contributed by atoms with Crippen LogP contribution in [0.2, 0.25) is 0 Å². The van der Waals surface area contributed by atoms with Gasteiger partial charge in [-0.25, -0.2) is 0 Å². The molecule has 0 saturated carbocycles. The van der Waals surface area contributed by atoms with Gasteiger partial charge in [-0.05, 0) is 29.1 Å². The Morgan fingerprint density at radius 2 is 1.67 bits per heavy atom. The summed E-state index contributed by atoms with van der Waals surface area (Å²) >= 11 is 1.66. The number of likely N-dealkylation sites (tertiary alicyclic amines) is 2. The Hall–Kier alpha value is -2.47. The van der Waals surface area contributed by atoms with Crippen LogP contribution in [-0.2, 0) is 9.59 Å². The molecule has 1 aromatic carbocycles. The van der Waals surface area contributed by atoms with E-state index in [9.17, 15) is 14.4 Å². The monoisotopic (exact) mass is 340 g/mol. The minimum Gasteiger partial charge on any atom is -0.334 e. The molecule has 2 saturated heterocycles. The summed E-state index contributed by atoms with van der Waals surface area (Å²) in [6.45, 7) is 0.867. The van der Waals surface area contributed by atoms with Gasteiger partial charge >= 0.3 is 0 Å². The van der Waals surface area contributed by atoms with Gasteiger partial charge in [0.1, 0.15) is 0 Å². The van der Waals surface area contributed by atoms with Crippen molar-refractivity contribution >= 4 is 29.1 Å². The molecule has 0 spiro atoms. The molecular formula is C18H16N2O3S. The van der Waals surface area contributed by atoms with Crippen molar-refractivity contribution in [2.24, 2.45) is 0 Å². The molecule has 3 amide bonds. The van der Waals surface area contributed by atoms with Crippen molar-refractivity contribution in [1.82, 2.24) is 9.80 Å². The Bertz CT molecular complexity index is 776. The molecule has 0 radical (unpaired) electrons.